The normalized spacial score (nSPS) is 9.82. The number of tetrazole rings is 1. The van der Waals surface area contributed by atoms with E-state index in [0.717, 1.165) is 0 Å². The molecular formula is C6H4N5. The van der Waals surface area contributed by atoms with Crippen molar-refractivity contribution >= 4 is 0 Å². The Balaban J connectivity index is 2.46. The summed E-state index contributed by atoms with van der Waals surface area (Å²) in [5.41, 5.74) is 0.692. The highest BCUT2D eigenvalue weighted by molar-refractivity contribution is 5.45. The Morgan fingerprint density at radius 1 is 1.45 bits per heavy atom. The van der Waals surface area contributed by atoms with Crippen LogP contribution < -0.4 is 0 Å². The molecule has 0 fully saturated rings. The Morgan fingerprint density at radius 3 is 3.09 bits per heavy atom. The fraction of sp³-hybridized carbons (Fsp3) is 0. The van der Waals surface area contributed by atoms with Crippen molar-refractivity contribution in [3.05, 3.63) is 24.4 Å². The van der Waals surface area contributed by atoms with Crippen molar-refractivity contribution in [3.63, 3.8) is 0 Å². The van der Waals surface area contributed by atoms with Crippen LogP contribution in [0.25, 0.3) is 11.5 Å². The van der Waals surface area contributed by atoms with Gasteiger partial charge >= 0.3 is 0 Å². The molecule has 0 saturated carbocycles. The number of aromatic nitrogens is 5. The number of H-pyrrole nitrogens is 1. The fourth-order valence-electron chi connectivity index (χ4n) is 0.722. The molecule has 2 aromatic rings. The number of hydrogen-bond acceptors (Lipinski definition) is 4. The highest BCUT2D eigenvalue weighted by Gasteiger charge is 1.99. The molecule has 2 aromatic heterocycles. The average molecular weight is 146 g/mol. The zero-order chi connectivity index (χ0) is 7.52. The highest BCUT2D eigenvalue weighted by atomic mass is 15.5. The molecule has 0 saturated heterocycles. The smallest absolute Gasteiger partial charge is 0.198 e. The zero-order valence-corrected chi connectivity index (χ0v) is 5.52. The second kappa shape index (κ2) is 2.45. The molecule has 0 aliphatic carbocycles. The number of rotatable bonds is 1. The summed E-state index contributed by atoms with van der Waals surface area (Å²) in [6, 6.07) is 6.30. The van der Waals surface area contributed by atoms with Crippen molar-refractivity contribution in [3.8, 4) is 11.5 Å². The van der Waals surface area contributed by atoms with E-state index >= 15 is 0 Å². The summed E-state index contributed by atoms with van der Waals surface area (Å²) in [6.45, 7) is 0. The molecule has 0 amide bonds. The molecule has 0 aliphatic heterocycles. The first-order valence-electron chi connectivity index (χ1n) is 3.03. The van der Waals surface area contributed by atoms with Gasteiger partial charge < -0.3 is 0 Å². The van der Waals surface area contributed by atoms with E-state index in [2.05, 4.69) is 31.7 Å². The van der Waals surface area contributed by atoms with Gasteiger partial charge in [-0.1, -0.05) is 0 Å². The van der Waals surface area contributed by atoms with E-state index < -0.39 is 0 Å². The molecular weight excluding hydrogens is 142 g/mol. The molecule has 0 spiro atoms. The van der Waals surface area contributed by atoms with Crippen LogP contribution in [-0.4, -0.2) is 25.6 Å². The van der Waals surface area contributed by atoms with Crippen molar-refractivity contribution in [2.24, 2.45) is 0 Å². The Morgan fingerprint density at radius 2 is 2.45 bits per heavy atom. The Bertz CT molecular complexity index is 314. The average Bonchev–Trinajstić information content (AvgIpc) is 2.58. The van der Waals surface area contributed by atoms with Crippen LogP contribution in [0.3, 0.4) is 0 Å². The van der Waals surface area contributed by atoms with Gasteiger partial charge in [-0.2, -0.15) is 0 Å². The third-order valence-electron chi connectivity index (χ3n) is 1.19. The standard InChI is InChI=1S/C6H4N5/c1-2-4-7-5(3-1)6-8-10-11-9-6/h2-4H,(H,8,9,10,11). The van der Waals surface area contributed by atoms with Crippen LogP contribution >= 0.6 is 0 Å². The summed E-state index contributed by atoms with van der Waals surface area (Å²) in [5, 5.41) is 13.1. The van der Waals surface area contributed by atoms with Gasteiger partial charge in [-0.05, 0) is 28.6 Å². The van der Waals surface area contributed by atoms with Crippen molar-refractivity contribution < 1.29 is 0 Å². The lowest BCUT2D eigenvalue weighted by Gasteiger charge is -1.88. The van der Waals surface area contributed by atoms with Gasteiger partial charge in [-0.15, -0.1) is 5.10 Å². The molecule has 0 aliphatic rings. The topological polar surface area (TPSA) is 67.3 Å². The lowest BCUT2D eigenvalue weighted by molar-refractivity contribution is 0.881. The quantitative estimate of drug-likeness (QED) is 0.617. The number of pyridine rings is 1. The van der Waals surface area contributed by atoms with Gasteiger partial charge in [0.05, 0.1) is 0 Å². The molecule has 1 radical (unpaired) electrons. The zero-order valence-electron chi connectivity index (χ0n) is 5.52. The second-order valence-electron chi connectivity index (χ2n) is 1.89. The molecule has 2 rings (SSSR count). The first kappa shape index (κ1) is 5.96. The van der Waals surface area contributed by atoms with E-state index in [1.54, 1.807) is 18.3 Å². The molecule has 1 N–H and O–H groups in total. The van der Waals surface area contributed by atoms with E-state index in [0.29, 0.717) is 11.5 Å². The molecule has 5 nitrogen and oxygen atoms in total. The van der Waals surface area contributed by atoms with E-state index in [4.69, 9.17) is 0 Å². The van der Waals surface area contributed by atoms with Crippen LogP contribution in [0.1, 0.15) is 0 Å². The summed E-state index contributed by atoms with van der Waals surface area (Å²) in [6.07, 6.45) is 1.64. The molecule has 11 heavy (non-hydrogen) atoms. The van der Waals surface area contributed by atoms with Gasteiger partial charge in [0.1, 0.15) is 5.69 Å². The number of aromatic amines is 1. The molecule has 0 bridgehead atoms. The monoisotopic (exact) mass is 146 g/mol. The summed E-state index contributed by atoms with van der Waals surface area (Å²) in [4.78, 5) is 4.02. The number of nitrogens with one attached hydrogen (secondary N) is 1. The van der Waals surface area contributed by atoms with Crippen LogP contribution in [0.4, 0.5) is 0 Å². The third kappa shape index (κ3) is 1.07. The van der Waals surface area contributed by atoms with Crippen LogP contribution in [0.15, 0.2) is 18.3 Å². The molecule has 0 atom stereocenters. The predicted molar refractivity (Wildman–Crippen MR) is 36.2 cm³/mol. The van der Waals surface area contributed by atoms with Crippen molar-refractivity contribution in [2.45, 2.75) is 0 Å². The van der Waals surface area contributed by atoms with Crippen molar-refractivity contribution in [1.29, 1.82) is 0 Å². The SMILES string of the molecule is [c]1ccnc(-c2nnn[nH]2)c1. The van der Waals surface area contributed by atoms with Crippen molar-refractivity contribution in [2.75, 3.05) is 0 Å². The summed E-state index contributed by atoms with van der Waals surface area (Å²) in [7, 11) is 0. The lowest BCUT2D eigenvalue weighted by atomic mass is 10.3. The minimum Gasteiger partial charge on any atom is -0.253 e. The minimum atomic E-state index is 0.557. The van der Waals surface area contributed by atoms with Crippen LogP contribution in [0.5, 0.6) is 0 Å². The van der Waals surface area contributed by atoms with Crippen molar-refractivity contribution in [1.82, 2.24) is 25.6 Å². The van der Waals surface area contributed by atoms with Gasteiger partial charge in [0.15, 0.2) is 5.82 Å². The largest absolute Gasteiger partial charge is 0.253 e. The second-order valence-corrected chi connectivity index (χ2v) is 1.89. The third-order valence-corrected chi connectivity index (χ3v) is 1.19. The Labute approximate surface area is 62.5 Å². The maximum absolute atomic E-state index is 4.02. The first-order chi connectivity index (χ1) is 5.47. The molecule has 0 unspecified atom stereocenters. The minimum absolute atomic E-state index is 0.557. The first-order valence-corrected chi connectivity index (χ1v) is 3.03. The fourth-order valence-corrected chi connectivity index (χ4v) is 0.722. The van der Waals surface area contributed by atoms with E-state index in [9.17, 15) is 0 Å². The van der Waals surface area contributed by atoms with Gasteiger partial charge in [-0.3, -0.25) is 4.98 Å². The summed E-state index contributed by atoms with van der Waals surface area (Å²) < 4.78 is 0. The van der Waals surface area contributed by atoms with Crippen LogP contribution in [0.2, 0.25) is 0 Å². The molecule has 53 valence electrons. The maximum atomic E-state index is 4.02. The number of nitrogens with zero attached hydrogens (tertiary/aromatic N) is 4. The predicted octanol–water partition coefficient (Wildman–Crippen LogP) is 0.0619. The maximum Gasteiger partial charge on any atom is 0.198 e. The van der Waals surface area contributed by atoms with E-state index in [-0.39, 0.29) is 0 Å². The summed E-state index contributed by atoms with van der Waals surface area (Å²) >= 11 is 0. The Kier molecular flexibility index (Phi) is 1.33. The van der Waals surface area contributed by atoms with Crippen LogP contribution in [-0.2, 0) is 0 Å². The number of hydrogen-bond donors (Lipinski definition) is 1. The van der Waals surface area contributed by atoms with E-state index in [1.807, 2.05) is 0 Å². The van der Waals surface area contributed by atoms with E-state index in [1.165, 1.54) is 0 Å². The Hall–Kier alpha value is -1.78. The summed E-state index contributed by atoms with van der Waals surface area (Å²) in [5.74, 6) is 0.557. The van der Waals surface area contributed by atoms with Crippen LogP contribution in [0, 0.1) is 6.07 Å². The highest BCUT2D eigenvalue weighted by Crippen LogP contribution is 2.05. The molecule has 5 heteroatoms. The van der Waals surface area contributed by atoms with Gasteiger partial charge in [0, 0.05) is 6.20 Å². The van der Waals surface area contributed by atoms with Gasteiger partial charge in [0.25, 0.3) is 0 Å². The van der Waals surface area contributed by atoms with Gasteiger partial charge in [0.2, 0.25) is 0 Å². The molecule has 0 aromatic carbocycles. The van der Waals surface area contributed by atoms with Gasteiger partial charge in [-0.25, -0.2) is 5.10 Å². The lowest BCUT2D eigenvalue weighted by Crippen LogP contribution is -1.83. The molecule has 2 heterocycles.